The number of benzene rings is 1. The summed E-state index contributed by atoms with van der Waals surface area (Å²) in [5.74, 6) is -0.743. The Bertz CT molecular complexity index is 724. The molecule has 2 rings (SSSR count). The molecule has 1 aromatic heterocycles. The van der Waals surface area contributed by atoms with Crippen LogP contribution < -0.4 is 5.32 Å². The predicted octanol–water partition coefficient (Wildman–Crippen LogP) is 2.04. The fourth-order valence-corrected chi connectivity index (χ4v) is 1.99. The van der Waals surface area contributed by atoms with Gasteiger partial charge >= 0.3 is 5.97 Å². The van der Waals surface area contributed by atoms with Crippen molar-refractivity contribution in [2.75, 3.05) is 12.4 Å². The minimum absolute atomic E-state index is 0.0830. The molecule has 0 atom stereocenters. The average molecular weight is 304 g/mol. The van der Waals surface area contributed by atoms with Gasteiger partial charge in [0.05, 0.1) is 18.2 Å². The van der Waals surface area contributed by atoms with Gasteiger partial charge in [0.2, 0.25) is 0 Å². The number of hydrogen-bond acceptors (Lipinski definition) is 6. The second kappa shape index (κ2) is 6.25. The van der Waals surface area contributed by atoms with Crippen molar-refractivity contribution in [3.63, 3.8) is 0 Å². The number of nitrogens with one attached hydrogen (secondary N) is 1. The molecule has 0 aliphatic rings. The Labute approximate surface area is 126 Å². The fourth-order valence-electron chi connectivity index (χ4n) is 1.99. The number of aromatic nitrogens is 2. The van der Waals surface area contributed by atoms with Gasteiger partial charge in [-0.25, -0.2) is 4.79 Å². The maximum absolute atomic E-state index is 11.7. The van der Waals surface area contributed by atoms with Crippen molar-refractivity contribution in [3.05, 3.63) is 51.3 Å². The second-order valence-corrected chi connectivity index (χ2v) is 4.71. The summed E-state index contributed by atoms with van der Waals surface area (Å²) in [5, 5.41) is 18.2. The van der Waals surface area contributed by atoms with Crippen molar-refractivity contribution in [3.8, 4) is 0 Å². The topological polar surface area (TPSA) is 99.3 Å². The standard InChI is InChI=1S/C14H16N4O4/c1-9-10(8-16-17(9)2)7-15-11-4-5-13(18(20)21)12(6-11)14(19)22-3/h4-6,8,15H,7H2,1-3H3. The largest absolute Gasteiger partial charge is 0.465 e. The van der Waals surface area contributed by atoms with Gasteiger partial charge in [-0.3, -0.25) is 14.8 Å². The summed E-state index contributed by atoms with van der Waals surface area (Å²) in [6, 6.07) is 4.25. The Hall–Kier alpha value is -2.90. The number of carbonyl (C=O) groups excluding carboxylic acids is 1. The quantitative estimate of drug-likeness (QED) is 0.515. The Morgan fingerprint density at radius 1 is 1.50 bits per heavy atom. The average Bonchev–Trinajstić information content (AvgIpc) is 2.83. The maximum atomic E-state index is 11.7. The van der Waals surface area contributed by atoms with E-state index in [0.29, 0.717) is 12.2 Å². The number of nitro benzene ring substituents is 1. The maximum Gasteiger partial charge on any atom is 0.344 e. The van der Waals surface area contributed by atoms with Crippen LogP contribution in [0.3, 0.4) is 0 Å². The van der Waals surface area contributed by atoms with E-state index in [1.54, 1.807) is 16.9 Å². The molecule has 0 saturated heterocycles. The molecule has 0 aliphatic heterocycles. The number of rotatable bonds is 5. The molecular formula is C14H16N4O4. The van der Waals surface area contributed by atoms with Crippen LogP contribution in [0.4, 0.5) is 11.4 Å². The number of methoxy groups -OCH3 is 1. The van der Waals surface area contributed by atoms with Gasteiger partial charge in [0, 0.05) is 36.6 Å². The molecule has 0 amide bonds. The van der Waals surface area contributed by atoms with E-state index in [1.807, 2.05) is 14.0 Å². The lowest BCUT2D eigenvalue weighted by Gasteiger charge is -2.08. The molecule has 1 N–H and O–H groups in total. The zero-order chi connectivity index (χ0) is 16.3. The molecule has 2 aromatic rings. The third-order valence-corrected chi connectivity index (χ3v) is 3.42. The highest BCUT2D eigenvalue weighted by atomic mass is 16.6. The summed E-state index contributed by atoms with van der Waals surface area (Å²) < 4.78 is 6.34. The van der Waals surface area contributed by atoms with Gasteiger partial charge < -0.3 is 10.1 Å². The van der Waals surface area contributed by atoms with E-state index in [-0.39, 0.29) is 11.3 Å². The number of aryl methyl sites for hydroxylation is 1. The summed E-state index contributed by atoms with van der Waals surface area (Å²) in [5.41, 5.74) is 2.24. The highest BCUT2D eigenvalue weighted by Gasteiger charge is 2.21. The SMILES string of the molecule is COC(=O)c1cc(NCc2cnn(C)c2C)ccc1[N+](=O)[O-]. The summed E-state index contributed by atoms with van der Waals surface area (Å²) in [6.45, 7) is 2.44. The first-order valence-corrected chi connectivity index (χ1v) is 6.52. The van der Waals surface area contributed by atoms with E-state index >= 15 is 0 Å². The first-order chi connectivity index (χ1) is 10.4. The van der Waals surface area contributed by atoms with Crippen molar-refractivity contribution in [1.29, 1.82) is 0 Å². The first kappa shape index (κ1) is 15.5. The lowest BCUT2D eigenvalue weighted by molar-refractivity contribution is -0.385. The molecule has 0 unspecified atom stereocenters. The molecule has 22 heavy (non-hydrogen) atoms. The van der Waals surface area contributed by atoms with E-state index < -0.39 is 10.9 Å². The minimum Gasteiger partial charge on any atom is -0.465 e. The van der Waals surface area contributed by atoms with Gasteiger partial charge in [-0.2, -0.15) is 5.10 Å². The van der Waals surface area contributed by atoms with E-state index in [9.17, 15) is 14.9 Å². The van der Waals surface area contributed by atoms with Crippen LogP contribution in [0.5, 0.6) is 0 Å². The van der Waals surface area contributed by atoms with Gasteiger partial charge in [-0.15, -0.1) is 0 Å². The van der Waals surface area contributed by atoms with Gasteiger partial charge in [0.1, 0.15) is 5.56 Å². The van der Waals surface area contributed by atoms with Gasteiger partial charge in [-0.05, 0) is 19.1 Å². The molecule has 0 fully saturated rings. The van der Waals surface area contributed by atoms with Crippen molar-refractivity contribution in [1.82, 2.24) is 9.78 Å². The number of ether oxygens (including phenoxy) is 1. The van der Waals surface area contributed by atoms with Crippen LogP contribution in [0.15, 0.2) is 24.4 Å². The summed E-state index contributed by atoms with van der Waals surface area (Å²) in [7, 11) is 3.03. The number of anilines is 1. The van der Waals surface area contributed by atoms with E-state index in [0.717, 1.165) is 11.3 Å². The Morgan fingerprint density at radius 3 is 2.77 bits per heavy atom. The number of carbonyl (C=O) groups is 1. The highest BCUT2D eigenvalue weighted by Crippen LogP contribution is 2.24. The number of nitrogens with zero attached hydrogens (tertiary/aromatic N) is 3. The normalized spacial score (nSPS) is 10.3. The molecule has 116 valence electrons. The van der Waals surface area contributed by atoms with Crippen LogP contribution in [-0.4, -0.2) is 27.8 Å². The first-order valence-electron chi connectivity index (χ1n) is 6.52. The molecule has 8 heteroatoms. The monoisotopic (exact) mass is 304 g/mol. The van der Waals surface area contributed by atoms with E-state index in [4.69, 9.17) is 0 Å². The van der Waals surface area contributed by atoms with Crippen molar-refractivity contribution in [2.24, 2.45) is 7.05 Å². The zero-order valence-electron chi connectivity index (χ0n) is 12.5. The third-order valence-electron chi connectivity index (χ3n) is 3.42. The summed E-state index contributed by atoms with van der Waals surface area (Å²) >= 11 is 0. The predicted molar refractivity (Wildman–Crippen MR) is 79.7 cm³/mol. The van der Waals surface area contributed by atoms with Crippen molar-refractivity contribution < 1.29 is 14.5 Å². The molecule has 0 aliphatic carbocycles. The Balaban J connectivity index is 2.23. The molecule has 0 spiro atoms. The molecular weight excluding hydrogens is 288 g/mol. The van der Waals surface area contributed by atoms with Crippen LogP contribution in [-0.2, 0) is 18.3 Å². The van der Waals surface area contributed by atoms with Gasteiger partial charge in [-0.1, -0.05) is 0 Å². The van der Waals surface area contributed by atoms with Gasteiger partial charge in [0.15, 0.2) is 0 Å². The van der Waals surface area contributed by atoms with Crippen LogP contribution >= 0.6 is 0 Å². The molecule has 0 saturated carbocycles. The summed E-state index contributed by atoms with van der Waals surface area (Å²) in [4.78, 5) is 22.0. The van der Waals surface area contributed by atoms with Crippen LogP contribution in [0, 0.1) is 17.0 Å². The van der Waals surface area contributed by atoms with Crippen LogP contribution in [0.25, 0.3) is 0 Å². The van der Waals surface area contributed by atoms with Crippen molar-refractivity contribution >= 4 is 17.3 Å². The minimum atomic E-state index is -0.743. The van der Waals surface area contributed by atoms with Crippen LogP contribution in [0.2, 0.25) is 0 Å². The third kappa shape index (κ3) is 3.05. The fraction of sp³-hybridized carbons (Fsp3) is 0.286. The Kier molecular flexibility index (Phi) is 4.40. The number of hydrogen-bond donors (Lipinski definition) is 1. The van der Waals surface area contributed by atoms with Crippen molar-refractivity contribution in [2.45, 2.75) is 13.5 Å². The van der Waals surface area contributed by atoms with Gasteiger partial charge in [0.25, 0.3) is 5.69 Å². The van der Waals surface area contributed by atoms with E-state index in [1.165, 1.54) is 19.2 Å². The molecule has 1 aromatic carbocycles. The zero-order valence-corrected chi connectivity index (χ0v) is 12.5. The lowest BCUT2D eigenvalue weighted by atomic mass is 10.1. The Morgan fingerprint density at radius 2 is 2.23 bits per heavy atom. The highest BCUT2D eigenvalue weighted by molar-refractivity contribution is 5.95. The lowest BCUT2D eigenvalue weighted by Crippen LogP contribution is -2.07. The smallest absolute Gasteiger partial charge is 0.344 e. The number of esters is 1. The van der Waals surface area contributed by atoms with E-state index in [2.05, 4.69) is 15.2 Å². The molecule has 8 nitrogen and oxygen atoms in total. The summed E-state index contributed by atoms with van der Waals surface area (Å²) in [6.07, 6.45) is 1.74. The van der Waals surface area contributed by atoms with Crippen LogP contribution in [0.1, 0.15) is 21.6 Å². The molecule has 0 radical (unpaired) electrons. The number of nitro groups is 1. The molecule has 1 heterocycles. The second-order valence-electron chi connectivity index (χ2n) is 4.71. The molecule has 0 bridgehead atoms.